The Labute approximate surface area is 188 Å². The van der Waals surface area contributed by atoms with E-state index in [1.54, 1.807) is 6.07 Å². The smallest absolute Gasteiger partial charge is 0.352 e. The monoisotopic (exact) mass is 451 g/mol. The van der Waals surface area contributed by atoms with Crippen LogP contribution in [-0.4, -0.2) is 26.0 Å². The summed E-state index contributed by atoms with van der Waals surface area (Å²) in [4.78, 5) is 21.9. The minimum atomic E-state index is -1.04. The van der Waals surface area contributed by atoms with E-state index in [1.807, 2.05) is 56.6 Å². The predicted molar refractivity (Wildman–Crippen MR) is 126 cm³/mol. The lowest BCUT2D eigenvalue weighted by Crippen LogP contribution is -2.00. The van der Waals surface area contributed by atoms with E-state index >= 15 is 0 Å². The molecule has 2 aromatic carbocycles. The lowest BCUT2D eigenvalue weighted by molar-refractivity contribution is 0.0692. The van der Waals surface area contributed by atoms with Gasteiger partial charge in [-0.2, -0.15) is 0 Å². The Morgan fingerprint density at radius 1 is 0.935 bits per heavy atom. The zero-order chi connectivity index (χ0) is 21.9. The van der Waals surface area contributed by atoms with Gasteiger partial charge >= 0.3 is 5.97 Å². The van der Waals surface area contributed by atoms with Crippen molar-refractivity contribution in [1.29, 1.82) is 0 Å². The second-order valence-electron chi connectivity index (χ2n) is 7.88. The molecule has 5 nitrogen and oxygen atoms in total. The quantitative estimate of drug-likeness (QED) is 0.228. The number of rotatable bonds is 4. The lowest BCUT2D eigenvalue weighted by atomic mass is 9.89. The number of fused-ring (bicyclic) bond motifs is 2. The summed E-state index contributed by atoms with van der Waals surface area (Å²) < 4.78 is 0. The number of carbonyl (C=O) groups is 1. The largest absolute Gasteiger partial charge is 0.477 e. The summed E-state index contributed by atoms with van der Waals surface area (Å²) in [5.41, 5.74) is 5.67. The van der Waals surface area contributed by atoms with Crippen LogP contribution in [0.1, 0.15) is 35.8 Å². The normalized spacial score (nSPS) is 11.8. The minimum absolute atomic E-state index is 0.0209. The van der Waals surface area contributed by atoms with E-state index in [2.05, 4.69) is 15.0 Å². The van der Waals surface area contributed by atoms with Crippen LogP contribution < -0.4 is 0 Å². The van der Waals surface area contributed by atoms with E-state index in [4.69, 9.17) is 23.2 Å². The van der Waals surface area contributed by atoms with Gasteiger partial charge in [0.25, 0.3) is 0 Å². The molecule has 0 aliphatic heterocycles. The number of nitrogens with one attached hydrogen (secondary N) is 3. The first-order valence-corrected chi connectivity index (χ1v) is 10.6. The maximum atomic E-state index is 12.4. The third-order valence-corrected chi connectivity index (χ3v) is 6.20. The van der Waals surface area contributed by atoms with Crippen LogP contribution in [0.15, 0.2) is 48.8 Å². The Bertz CT molecular complexity index is 1470. The molecule has 3 heterocycles. The van der Waals surface area contributed by atoms with E-state index in [0.29, 0.717) is 21.2 Å². The molecule has 0 fully saturated rings. The highest BCUT2D eigenvalue weighted by Gasteiger charge is 2.29. The van der Waals surface area contributed by atoms with Crippen molar-refractivity contribution in [2.24, 2.45) is 0 Å². The molecule has 4 N–H and O–H groups in total. The zero-order valence-corrected chi connectivity index (χ0v) is 18.3. The first-order valence-electron chi connectivity index (χ1n) is 9.89. The number of hydrogen-bond acceptors (Lipinski definition) is 1. The molecule has 3 aromatic heterocycles. The minimum Gasteiger partial charge on any atom is -0.477 e. The first kappa shape index (κ1) is 19.8. The second kappa shape index (κ2) is 7.22. The van der Waals surface area contributed by atoms with Gasteiger partial charge < -0.3 is 20.1 Å². The third kappa shape index (κ3) is 3.04. The summed E-state index contributed by atoms with van der Waals surface area (Å²) in [6, 6.07) is 11.3. The number of halogens is 2. The molecule has 0 amide bonds. The number of carboxylic acids is 1. The number of carboxylic acid groups (broad SMARTS) is 1. The molecule has 0 spiro atoms. The van der Waals surface area contributed by atoms with Crippen molar-refractivity contribution in [3.63, 3.8) is 0 Å². The average Bonchev–Trinajstić information content (AvgIpc) is 3.44. The number of H-pyrrole nitrogens is 3. The molecule has 0 radical (unpaired) electrons. The van der Waals surface area contributed by atoms with Gasteiger partial charge in [0.1, 0.15) is 5.69 Å². The molecular formula is C24H19Cl2N3O2. The van der Waals surface area contributed by atoms with Gasteiger partial charge in [0.05, 0.1) is 5.69 Å². The van der Waals surface area contributed by atoms with E-state index < -0.39 is 5.97 Å². The topological polar surface area (TPSA) is 84.7 Å². The van der Waals surface area contributed by atoms with Gasteiger partial charge in [-0.15, -0.1) is 0 Å². The van der Waals surface area contributed by atoms with Gasteiger partial charge in [-0.05, 0) is 47.9 Å². The van der Waals surface area contributed by atoms with Crippen LogP contribution in [0, 0.1) is 0 Å². The molecule has 5 rings (SSSR count). The standard InChI is InChI=1S/C24H19Cl2N3O2/c1-11(2)19-21(20-14-6-8-27-17(14)4-3-16(20)26)23(24(30)31)29-22(19)15-9-12(25)10-18-13(15)5-7-28-18/h3-11,27-29H,1-2H3,(H,30,31). The van der Waals surface area contributed by atoms with Crippen LogP contribution in [0.5, 0.6) is 0 Å². The van der Waals surface area contributed by atoms with E-state index in [1.165, 1.54) is 0 Å². The van der Waals surface area contributed by atoms with Crippen LogP contribution in [0.2, 0.25) is 10.0 Å². The first-order chi connectivity index (χ1) is 14.9. The summed E-state index contributed by atoms with van der Waals surface area (Å²) in [6.07, 6.45) is 3.67. The Kier molecular flexibility index (Phi) is 4.61. The molecule has 0 saturated heterocycles. The molecular weight excluding hydrogens is 433 g/mol. The maximum absolute atomic E-state index is 12.4. The van der Waals surface area contributed by atoms with Crippen LogP contribution in [0.4, 0.5) is 0 Å². The van der Waals surface area contributed by atoms with Gasteiger partial charge in [-0.3, -0.25) is 0 Å². The maximum Gasteiger partial charge on any atom is 0.352 e. The number of hydrogen-bond donors (Lipinski definition) is 4. The van der Waals surface area contributed by atoms with Gasteiger partial charge in [0.15, 0.2) is 0 Å². The second-order valence-corrected chi connectivity index (χ2v) is 8.72. The molecule has 0 aliphatic carbocycles. The number of aromatic carboxylic acids is 1. The predicted octanol–water partition coefficient (Wildman–Crippen LogP) is 7.44. The van der Waals surface area contributed by atoms with Gasteiger partial charge in [0.2, 0.25) is 0 Å². The van der Waals surface area contributed by atoms with Crippen LogP contribution >= 0.6 is 23.2 Å². The fourth-order valence-electron chi connectivity index (χ4n) is 4.42. The van der Waals surface area contributed by atoms with Gasteiger partial charge in [-0.1, -0.05) is 37.0 Å². The Hall–Kier alpha value is -3.15. The fourth-order valence-corrected chi connectivity index (χ4v) is 4.90. The molecule has 0 saturated carbocycles. The molecule has 0 unspecified atom stereocenters. The Balaban J connectivity index is 1.94. The summed E-state index contributed by atoms with van der Waals surface area (Å²) in [7, 11) is 0. The summed E-state index contributed by atoms with van der Waals surface area (Å²) in [5, 5.41) is 13.0. The molecule has 0 atom stereocenters. The van der Waals surface area contributed by atoms with Crippen molar-refractivity contribution >= 4 is 51.0 Å². The Morgan fingerprint density at radius 2 is 1.65 bits per heavy atom. The van der Waals surface area contributed by atoms with E-state index in [-0.39, 0.29) is 11.6 Å². The van der Waals surface area contributed by atoms with Crippen molar-refractivity contribution < 1.29 is 9.90 Å². The van der Waals surface area contributed by atoms with E-state index in [0.717, 1.165) is 38.6 Å². The Morgan fingerprint density at radius 3 is 2.35 bits per heavy atom. The van der Waals surface area contributed by atoms with Gasteiger partial charge in [0, 0.05) is 60.9 Å². The summed E-state index contributed by atoms with van der Waals surface area (Å²) >= 11 is 13.1. The van der Waals surface area contributed by atoms with E-state index in [9.17, 15) is 9.90 Å². The molecule has 31 heavy (non-hydrogen) atoms. The number of benzene rings is 2. The van der Waals surface area contributed by atoms with Crippen molar-refractivity contribution in [3.05, 3.63) is 70.1 Å². The highest BCUT2D eigenvalue weighted by molar-refractivity contribution is 6.35. The van der Waals surface area contributed by atoms with Crippen LogP contribution in [-0.2, 0) is 0 Å². The fraction of sp³-hybridized carbons (Fsp3) is 0.125. The summed E-state index contributed by atoms with van der Waals surface area (Å²) in [6.45, 7) is 4.09. The molecule has 7 heteroatoms. The average molecular weight is 452 g/mol. The lowest BCUT2D eigenvalue weighted by Gasteiger charge is -2.15. The van der Waals surface area contributed by atoms with Crippen LogP contribution in [0.3, 0.4) is 0 Å². The highest BCUT2D eigenvalue weighted by Crippen LogP contribution is 2.46. The van der Waals surface area contributed by atoms with Gasteiger partial charge in [-0.25, -0.2) is 4.79 Å². The zero-order valence-electron chi connectivity index (χ0n) is 16.8. The van der Waals surface area contributed by atoms with Crippen molar-refractivity contribution in [2.75, 3.05) is 0 Å². The number of aromatic nitrogens is 3. The molecule has 156 valence electrons. The summed E-state index contributed by atoms with van der Waals surface area (Å²) in [5.74, 6) is -1.02. The number of aromatic amines is 3. The molecule has 5 aromatic rings. The van der Waals surface area contributed by atoms with Crippen molar-refractivity contribution in [2.45, 2.75) is 19.8 Å². The molecule has 0 bridgehead atoms. The van der Waals surface area contributed by atoms with Crippen molar-refractivity contribution in [3.8, 4) is 22.4 Å². The molecule has 0 aliphatic rings. The SMILES string of the molecule is CC(C)c1c(-c2cc(Cl)cc3[nH]ccc23)[nH]c(C(=O)O)c1-c1c(Cl)ccc2[nH]ccc12. The van der Waals surface area contributed by atoms with Crippen LogP contribution in [0.25, 0.3) is 44.2 Å². The highest BCUT2D eigenvalue weighted by atomic mass is 35.5. The van der Waals surface area contributed by atoms with Crippen molar-refractivity contribution in [1.82, 2.24) is 15.0 Å². The third-order valence-electron chi connectivity index (χ3n) is 5.67.